The lowest BCUT2D eigenvalue weighted by Gasteiger charge is -2.37. The van der Waals surface area contributed by atoms with Gasteiger partial charge in [0.25, 0.3) is 0 Å². The molecule has 0 aromatic heterocycles. The van der Waals surface area contributed by atoms with Crippen molar-refractivity contribution in [1.82, 2.24) is 9.80 Å². The maximum atomic E-state index is 13.5. The van der Waals surface area contributed by atoms with Gasteiger partial charge in [-0.25, -0.2) is 4.79 Å². The number of halogens is 2. The van der Waals surface area contributed by atoms with Crippen LogP contribution >= 0.6 is 27.5 Å². The van der Waals surface area contributed by atoms with E-state index in [1.165, 1.54) is 4.90 Å². The van der Waals surface area contributed by atoms with E-state index in [2.05, 4.69) is 21.2 Å². The zero-order chi connectivity index (χ0) is 25.0. The first kappa shape index (κ1) is 26.3. The van der Waals surface area contributed by atoms with Crippen LogP contribution in [0.3, 0.4) is 0 Å². The van der Waals surface area contributed by atoms with Gasteiger partial charge < -0.3 is 19.7 Å². The van der Waals surface area contributed by atoms with Crippen LogP contribution in [-0.2, 0) is 22.5 Å². The Balaban J connectivity index is 1.86. The fraction of sp³-hybridized carbons (Fsp3) is 0.440. The van der Waals surface area contributed by atoms with Gasteiger partial charge in [-0.2, -0.15) is 0 Å². The van der Waals surface area contributed by atoms with Crippen LogP contribution in [0.5, 0.6) is 5.75 Å². The maximum absolute atomic E-state index is 13.5. The number of nitrogens with one attached hydrogen (secondary N) is 1. The fourth-order valence-corrected chi connectivity index (χ4v) is 4.11. The molecule has 34 heavy (non-hydrogen) atoms. The summed E-state index contributed by atoms with van der Waals surface area (Å²) < 4.78 is 12.4. The third-order valence-corrected chi connectivity index (χ3v) is 5.96. The summed E-state index contributed by atoms with van der Waals surface area (Å²) in [7, 11) is 3.93. The van der Waals surface area contributed by atoms with E-state index in [0.717, 1.165) is 22.1 Å². The molecule has 0 saturated carbocycles. The highest BCUT2D eigenvalue weighted by atomic mass is 79.9. The van der Waals surface area contributed by atoms with Gasteiger partial charge >= 0.3 is 6.09 Å². The summed E-state index contributed by atoms with van der Waals surface area (Å²) in [6, 6.07) is 10.2. The Labute approximate surface area is 214 Å². The first-order valence-corrected chi connectivity index (χ1v) is 12.2. The zero-order valence-electron chi connectivity index (χ0n) is 20.2. The number of carbonyl (C=O) groups excluding carboxylic acids is 2. The second kappa shape index (κ2) is 11.0. The smallest absolute Gasteiger partial charge is 0.411 e. The molecule has 1 N–H and O–H groups in total. The lowest BCUT2D eigenvalue weighted by atomic mass is 9.93. The van der Waals surface area contributed by atoms with Gasteiger partial charge in [-0.15, -0.1) is 0 Å². The molecule has 0 saturated heterocycles. The number of amides is 2. The van der Waals surface area contributed by atoms with E-state index in [1.54, 1.807) is 32.9 Å². The van der Waals surface area contributed by atoms with Crippen LogP contribution < -0.4 is 10.1 Å². The van der Waals surface area contributed by atoms with Crippen molar-refractivity contribution in [2.45, 2.75) is 45.4 Å². The molecule has 1 atom stereocenters. The molecular weight excluding hydrogens is 522 g/mol. The van der Waals surface area contributed by atoms with Crippen LogP contribution in [-0.4, -0.2) is 60.7 Å². The minimum absolute atomic E-state index is 0.256. The molecule has 3 rings (SSSR count). The van der Waals surface area contributed by atoms with Crippen molar-refractivity contribution in [1.29, 1.82) is 0 Å². The van der Waals surface area contributed by atoms with Crippen LogP contribution in [0.4, 0.5) is 10.5 Å². The number of hydrogen-bond acceptors (Lipinski definition) is 5. The number of ether oxygens (including phenoxy) is 2. The Morgan fingerprint density at radius 2 is 1.91 bits per heavy atom. The molecular formula is C25H31BrClN3O4. The highest BCUT2D eigenvalue weighted by Crippen LogP contribution is 2.31. The van der Waals surface area contributed by atoms with Crippen molar-refractivity contribution in [3.05, 3.63) is 57.0 Å². The van der Waals surface area contributed by atoms with E-state index in [-0.39, 0.29) is 12.5 Å². The van der Waals surface area contributed by atoms with Gasteiger partial charge in [-0.05, 0) is 76.3 Å². The number of hydrogen-bond donors (Lipinski definition) is 1. The predicted molar refractivity (Wildman–Crippen MR) is 138 cm³/mol. The van der Waals surface area contributed by atoms with Crippen molar-refractivity contribution in [3.63, 3.8) is 0 Å². The van der Waals surface area contributed by atoms with Gasteiger partial charge in [0.1, 0.15) is 24.0 Å². The molecule has 0 fully saturated rings. The summed E-state index contributed by atoms with van der Waals surface area (Å²) in [5.74, 6) is 0.226. The average Bonchev–Trinajstić information content (AvgIpc) is 2.73. The number of rotatable bonds is 6. The molecule has 9 heteroatoms. The Bertz CT molecular complexity index is 1050. The summed E-state index contributed by atoms with van der Waals surface area (Å²) in [5.41, 5.74) is 1.73. The predicted octanol–water partition coefficient (Wildman–Crippen LogP) is 5.34. The van der Waals surface area contributed by atoms with Gasteiger partial charge in [-0.3, -0.25) is 9.69 Å². The van der Waals surface area contributed by atoms with Crippen LogP contribution in [0.2, 0.25) is 5.02 Å². The first-order valence-electron chi connectivity index (χ1n) is 11.1. The highest BCUT2D eigenvalue weighted by Gasteiger charge is 2.37. The monoisotopic (exact) mass is 551 g/mol. The van der Waals surface area contributed by atoms with Crippen molar-refractivity contribution in [2.75, 3.05) is 32.6 Å². The summed E-state index contributed by atoms with van der Waals surface area (Å²) in [6.07, 6.45) is -0.208. The normalized spacial score (nSPS) is 15.6. The Kier molecular flexibility index (Phi) is 8.49. The molecule has 184 valence electrons. The molecule has 2 aromatic carbocycles. The fourth-order valence-electron chi connectivity index (χ4n) is 3.57. The van der Waals surface area contributed by atoms with Crippen LogP contribution in [0.1, 0.15) is 31.9 Å². The minimum Gasteiger partial charge on any atom is -0.490 e. The van der Waals surface area contributed by atoms with E-state index in [9.17, 15) is 9.59 Å². The Morgan fingerprint density at radius 3 is 2.59 bits per heavy atom. The van der Waals surface area contributed by atoms with Gasteiger partial charge in [0.05, 0.1) is 12.2 Å². The number of benzene rings is 2. The van der Waals surface area contributed by atoms with Crippen molar-refractivity contribution < 1.29 is 19.1 Å². The maximum Gasteiger partial charge on any atom is 0.411 e. The molecule has 1 aliphatic rings. The van der Waals surface area contributed by atoms with Crippen molar-refractivity contribution >= 4 is 45.2 Å². The molecule has 7 nitrogen and oxygen atoms in total. The minimum atomic E-state index is -0.765. The molecule has 0 aliphatic carbocycles. The molecule has 0 bridgehead atoms. The van der Waals surface area contributed by atoms with E-state index in [4.69, 9.17) is 21.1 Å². The molecule has 1 heterocycles. The molecule has 0 unspecified atom stereocenters. The molecule has 1 aliphatic heterocycles. The van der Waals surface area contributed by atoms with Crippen LogP contribution in [0.25, 0.3) is 0 Å². The van der Waals surface area contributed by atoms with Crippen molar-refractivity contribution in [2.24, 2.45) is 0 Å². The van der Waals surface area contributed by atoms with Crippen LogP contribution in [0, 0.1) is 0 Å². The zero-order valence-corrected chi connectivity index (χ0v) is 22.5. The topological polar surface area (TPSA) is 71.1 Å². The molecule has 2 aromatic rings. The van der Waals surface area contributed by atoms with Crippen LogP contribution in [0.15, 0.2) is 40.9 Å². The summed E-state index contributed by atoms with van der Waals surface area (Å²) in [6.45, 7) is 6.86. The summed E-state index contributed by atoms with van der Waals surface area (Å²) in [5, 5.41) is 3.55. The average molecular weight is 553 g/mol. The van der Waals surface area contributed by atoms with Gasteiger partial charge in [-0.1, -0.05) is 33.6 Å². The highest BCUT2D eigenvalue weighted by molar-refractivity contribution is 9.10. The second-order valence-corrected chi connectivity index (χ2v) is 10.9. The number of carbonyl (C=O) groups is 2. The van der Waals surface area contributed by atoms with Crippen molar-refractivity contribution in [3.8, 4) is 5.75 Å². The summed E-state index contributed by atoms with van der Waals surface area (Å²) in [4.78, 5) is 30.0. The van der Waals surface area contributed by atoms with E-state index < -0.39 is 17.7 Å². The van der Waals surface area contributed by atoms with E-state index >= 15 is 0 Å². The first-order chi connectivity index (χ1) is 15.9. The van der Waals surface area contributed by atoms with Gasteiger partial charge in [0.15, 0.2) is 0 Å². The quantitative estimate of drug-likeness (QED) is 0.524. The largest absolute Gasteiger partial charge is 0.490 e. The third-order valence-electron chi connectivity index (χ3n) is 5.23. The van der Waals surface area contributed by atoms with E-state index in [0.29, 0.717) is 29.5 Å². The van der Waals surface area contributed by atoms with Gasteiger partial charge in [0, 0.05) is 22.5 Å². The standard InChI is InChI=1S/C25H31BrClN3O4/c1-25(2,3)34-24(32)30-15-16-6-8-19(27)12-17(16)13-21(30)23(31)28-20-9-7-18(26)14-22(20)33-11-10-29(4)5/h6-9,12,14,21H,10-11,13,15H2,1-5H3,(H,28,31)/t21-/m1/s1. The number of nitrogens with zero attached hydrogens (tertiary/aromatic N) is 2. The second-order valence-electron chi connectivity index (χ2n) is 9.52. The SMILES string of the molecule is CN(C)CCOc1cc(Br)ccc1NC(=O)[C@H]1Cc2cc(Cl)ccc2CN1C(=O)OC(C)(C)C. The number of anilines is 1. The number of likely N-dealkylation sites (N-methyl/N-ethyl adjacent to an activating group) is 1. The molecule has 2 amide bonds. The third kappa shape index (κ3) is 7.10. The van der Waals surface area contributed by atoms with E-state index in [1.807, 2.05) is 43.3 Å². The Morgan fingerprint density at radius 1 is 1.18 bits per heavy atom. The molecule has 0 spiro atoms. The van der Waals surface area contributed by atoms with Gasteiger partial charge in [0.2, 0.25) is 5.91 Å². The number of fused-ring (bicyclic) bond motifs is 1. The molecule has 0 radical (unpaired) electrons. The lowest BCUT2D eigenvalue weighted by molar-refractivity contribution is -0.121. The lowest BCUT2D eigenvalue weighted by Crippen LogP contribution is -2.52. The summed E-state index contributed by atoms with van der Waals surface area (Å²) >= 11 is 9.65. The Hall–Kier alpha value is -2.29.